The van der Waals surface area contributed by atoms with Crippen LogP contribution in [0.2, 0.25) is 0 Å². The van der Waals surface area contributed by atoms with Gasteiger partial charge in [0.05, 0.1) is 23.3 Å². The summed E-state index contributed by atoms with van der Waals surface area (Å²) < 4.78 is 68.7. The van der Waals surface area contributed by atoms with E-state index in [1.807, 2.05) is 0 Å². The Bertz CT molecular complexity index is 834. The average molecular weight is 373 g/mol. The normalized spacial score (nSPS) is 11.8. The molecule has 0 unspecified atom stereocenters. The van der Waals surface area contributed by atoms with Gasteiger partial charge in [-0.25, -0.2) is 8.42 Å². The summed E-state index contributed by atoms with van der Waals surface area (Å²) >= 11 is 0. The van der Waals surface area contributed by atoms with E-state index in [1.54, 1.807) is 6.07 Å². The largest absolute Gasteiger partial charge is 0.468 e. The standard InChI is InChI=1S/C16H14F3NO4S/c1-24-15(21)11-20(25(22,23)14-5-3-2-4-6-14)13-9-7-12(8-10-13)16(17,18)19/h2-10H,11H2,1H3. The molecule has 2 aromatic rings. The molecule has 2 aromatic carbocycles. The first-order valence-corrected chi connectivity index (χ1v) is 8.42. The van der Waals surface area contributed by atoms with Gasteiger partial charge in [0.2, 0.25) is 0 Å². The summed E-state index contributed by atoms with van der Waals surface area (Å²) in [6.07, 6.45) is -4.55. The van der Waals surface area contributed by atoms with Crippen molar-refractivity contribution in [1.29, 1.82) is 0 Å². The molecule has 2 rings (SSSR count). The van der Waals surface area contributed by atoms with E-state index < -0.39 is 34.3 Å². The molecule has 0 amide bonds. The number of halogens is 3. The van der Waals surface area contributed by atoms with E-state index in [9.17, 15) is 26.4 Å². The molecule has 9 heteroatoms. The third-order valence-corrected chi connectivity index (χ3v) is 5.10. The number of hydrogen-bond donors (Lipinski definition) is 0. The van der Waals surface area contributed by atoms with Crippen LogP contribution in [-0.2, 0) is 25.7 Å². The number of anilines is 1. The molecule has 0 bridgehead atoms. The summed E-state index contributed by atoms with van der Waals surface area (Å²) in [5, 5.41) is 0. The molecule has 0 aromatic heterocycles. The zero-order valence-corrected chi connectivity index (χ0v) is 13.8. The third kappa shape index (κ3) is 4.30. The highest BCUT2D eigenvalue weighted by Gasteiger charge is 2.32. The molecule has 0 aliphatic carbocycles. The zero-order chi connectivity index (χ0) is 18.7. The summed E-state index contributed by atoms with van der Waals surface area (Å²) in [4.78, 5) is 11.5. The van der Waals surface area contributed by atoms with Crippen molar-refractivity contribution in [2.24, 2.45) is 0 Å². The maximum atomic E-state index is 12.8. The lowest BCUT2D eigenvalue weighted by molar-refractivity contribution is -0.139. The number of carbonyl (C=O) groups excluding carboxylic acids is 1. The van der Waals surface area contributed by atoms with Gasteiger partial charge in [-0.15, -0.1) is 0 Å². The first kappa shape index (κ1) is 18.8. The Morgan fingerprint density at radius 3 is 2.08 bits per heavy atom. The molecule has 0 saturated heterocycles. The van der Waals surface area contributed by atoms with Gasteiger partial charge in [0.25, 0.3) is 10.0 Å². The van der Waals surface area contributed by atoms with Crippen molar-refractivity contribution < 1.29 is 31.1 Å². The van der Waals surface area contributed by atoms with Crippen molar-refractivity contribution in [1.82, 2.24) is 0 Å². The summed E-state index contributed by atoms with van der Waals surface area (Å²) in [6.45, 7) is -0.668. The van der Waals surface area contributed by atoms with Gasteiger partial charge in [0.15, 0.2) is 0 Å². The van der Waals surface area contributed by atoms with Crippen LogP contribution in [0.3, 0.4) is 0 Å². The molecule has 25 heavy (non-hydrogen) atoms. The van der Waals surface area contributed by atoms with Crippen molar-refractivity contribution >= 4 is 21.7 Å². The summed E-state index contributed by atoms with van der Waals surface area (Å²) in [5.41, 5.74) is -1.01. The Balaban J connectivity index is 2.48. The van der Waals surface area contributed by atoms with Crippen LogP contribution in [0.15, 0.2) is 59.5 Å². The van der Waals surface area contributed by atoms with Crippen LogP contribution < -0.4 is 4.31 Å². The monoisotopic (exact) mass is 373 g/mol. The number of nitrogens with zero attached hydrogens (tertiary/aromatic N) is 1. The van der Waals surface area contributed by atoms with Crippen molar-refractivity contribution in [2.75, 3.05) is 18.0 Å². The number of carbonyl (C=O) groups is 1. The number of methoxy groups -OCH3 is 1. The topological polar surface area (TPSA) is 63.7 Å². The van der Waals surface area contributed by atoms with Crippen LogP contribution in [-0.4, -0.2) is 28.0 Å². The van der Waals surface area contributed by atoms with E-state index in [4.69, 9.17) is 0 Å². The highest BCUT2D eigenvalue weighted by Crippen LogP contribution is 2.31. The van der Waals surface area contributed by atoms with Gasteiger partial charge in [-0.3, -0.25) is 9.10 Å². The maximum absolute atomic E-state index is 12.8. The fourth-order valence-corrected chi connectivity index (χ4v) is 3.46. The summed E-state index contributed by atoms with van der Waals surface area (Å²) in [5.74, 6) is -0.848. The van der Waals surface area contributed by atoms with E-state index in [2.05, 4.69) is 4.74 Å². The van der Waals surface area contributed by atoms with Crippen molar-refractivity contribution in [3.05, 3.63) is 60.2 Å². The second-order valence-corrected chi connectivity index (χ2v) is 6.81. The van der Waals surface area contributed by atoms with Gasteiger partial charge in [-0.1, -0.05) is 18.2 Å². The van der Waals surface area contributed by atoms with Gasteiger partial charge >= 0.3 is 12.1 Å². The maximum Gasteiger partial charge on any atom is 0.416 e. The Morgan fingerprint density at radius 1 is 1.04 bits per heavy atom. The minimum absolute atomic E-state index is 0.0812. The minimum Gasteiger partial charge on any atom is -0.468 e. The molecule has 0 heterocycles. The molecule has 0 saturated carbocycles. The molecule has 0 aliphatic rings. The van der Waals surface area contributed by atoms with E-state index in [0.29, 0.717) is 4.31 Å². The Kier molecular flexibility index (Phi) is 5.36. The van der Waals surface area contributed by atoms with Crippen LogP contribution in [0.4, 0.5) is 18.9 Å². The highest BCUT2D eigenvalue weighted by atomic mass is 32.2. The number of benzene rings is 2. The molecule has 5 nitrogen and oxygen atoms in total. The fourth-order valence-electron chi connectivity index (χ4n) is 2.03. The van der Waals surface area contributed by atoms with Crippen molar-refractivity contribution in [3.63, 3.8) is 0 Å². The average Bonchev–Trinajstić information content (AvgIpc) is 2.59. The third-order valence-electron chi connectivity index (χ3n) is 3.31. The molecular formula is C16H14F3NO4S. The molecule has 0 fully saturated rings. The van der Waals surface area contributed by atoms with Gasteiger partial charge in [-0.2, -0.15) is 13.2 Å². The number of rotatable bonds is 5. The lowest BCUT2D eigenvalue weighted by atomic mass is 10.2. The first-order chi connectivity index (χ1) is 11.7. The Hall–Kier alpha value is -2.55. The minimum atomic E-state index is -4.55. The molecule has 0 aliphatic heterocycles. The predicted molar refractivity (Wildman–Crippen MR) is 84.4 cm³/mol. The lowest BCUT2D eigenvalue weighted by Crippen LogP contribution is -2.36. The molecule has 134 valence electrons. The highest BCUT2D eigenvalue weighted by molar-refractivity contribution is 7.92. The van der Waals surface area contributed by atoms with Crippen LogP contribution in [0.25, 0.3) is 0 Å². The van der Waals surface area contributed by atoms with Crippen molar-refractivity contribution in [2.45, 2.75) is 11.1 Å². The summed E-state index contributed by atoms with van der Waals surface area (Å²) in [6, 6.07) is 10.7. The van der Waals surface area contributed by atoms with Crippen LogP contribution in [0.5, 0.6) is 0 Å². The van der Waals surface area contributed by atoms with E-state index in [0.717, 1.165) is 31.4 Å². The van der Waals surface area contributed by atoms with E-state index in [1.165, 1.54) is 24.3 Å². The molecule has 0 N–H and O–H groups in total. The van der Waals surface area contributed by atoms with Crippen LogP contribution >= 0.6 is 0 Å². The van der Waals surface area contributed by atoms with Crippen molar-refractivity contribution in [3.8, 4) is 0 Å². The number of hydrogen-bond acceptors (Lipinski definition) is 4. The predicted octanol–water partition coefficient (Wildman–Crippen LogP) is 3.07. The lowest BCUT2D eigenvalue weighted by Gasteiger charge is -2.23. The number of sulfonamides is 1. The second kappa shape index (κ2) is 7.14. The number of ether oxygens (including phenoxy) is 1. The van der Waals surface area contributed by atoms with Gasteiger partial charge < -0.3 is 4.74 Å². The van der Waals surface area contributed by atoms with E-state index in [-0.39, 0.29) is 10.6 Å². The van der Waals surface area contributed by atoms with Gasteiger partial charge in [-0.05, 0) is 36.4 Å². The van der Waals surface area contributed by atoms with E-state index >= 15 is 0 Å². The smallest absolute Gasteiger partial charge is 0.416 e. The Labute approximate surface area is 142 Å². The van der Waals surface area contributed by atoms with Gasteiger partial charge in [0, 0.05) is 0 Å². The van der Waals surface area contributed by atoms with Crippen LogP contribution in [0.1, 0.15) is 5.56 Å². The fraction of sp³-hybridized carbons (Fsp3) is 0.188. The second-order valence-electron chi connectivity index (χ2n) is 4.95. The first-order valence-electron chi connectivity index (χ1n) is 6.98. The number of esters is 1. The van der Waals surface area contributed by atoms with Crippen LogP contribution in [0, 0.1) is 0 Å². The molecule has 0 radical (unpaired) electrons. The number of alkyl halides is 3. The summed E-state index contributed by atoms with van der Waals surface area (Å²) in [7, 11) is -3.07. The molecular weight excluding hydrogens is 359 g/mol. The quantitative estimate of drug-likeness (QED) is 0.756. The SMILES string of the molecule is COC(=O)CN(c1ccc(C(F)(F)F)cc1)S(=O)(=O)c1ccccc1. The molecule has 0 atom stereocenters. The zero-order valence-electron chi connectivity index (χ0n) is 13.0. The Morgan fingerprint density at radius 2 is 1.60 bits per heavy atom. The molecule has 0 spiro atoms. The van der Waals surface area contributed by atoms with Gasteiger partial charge in [0.1, 0.15) is 6.54 Å².